The maximum Gasteiger partial charge on any atom is 0.338 e. The summed E-state index contributed by atoms with van der Waals surface area (Å²) in [5.74, 6) is -0.462. The zero-order valence-corrected chi connectivity index (χ0v) is 14.1. The number of hydrogen-bond donors (Lipinski definition) is 1. The Kier molecular flexibility index (Phi) is 4.83. The second kappa shape index (κ2) is 7.06. The zero-order chi connectivity index (χ0) is 18.7. The summed E-state index contributed by atoms with van der Waals surface area (Å²) in [5, 5.41) is 4.99. The molecule has 0 amide bonds. The summed E-state index contributed by atoms with van der Waals surface area (Å²) in [6.07, 6.45) is 1.44. The van der Waals surface area contributed by atoms with Crippen LogP contribution in [-0.2, 0) is 21.4 Å². The zero-order valence-electron chi connectivity index (χ0n) is 13.3. The first-order valence-corrected chi connectivity index (χ1v) is 8.88. The quantitative estimate of drug-likeness (QED) is 0.685. The molecule has 0 atom stereocenters. The Morgan fingerprint density at radius 3 is 2.38 bits per heavy atom. The number of oxazole rings is 1. The van der Waals surface area contributed by atoms with Gasteiger partial charge in [0.05, 0.1) is 16.7 Å². The highest BCUT2D eigenvalue weighted by molar-refractivity contribution is 7.89. The minimum atomic E-state index is -3.83. The number of hydrogen-bond acceptors (Lipinski definition) is 6. The number of halogens is 1. The van der Waals surface area contributed by atoms with Gasteiger partial charge >= 0.3 is 5.97 Å². The summed E-state index contributed by atoms with van der Waals surface area (Å²) in [4.78, 5) is 15.9. The molecule has 7 nitrogen and oxygen atoms in total. The average Bonchev–Trinajstić information content (AvgIpc) is 3.08. The normalized spacial score (nSPS) is 11.3. The number of primary sulfonamides is 1. The van der Waals surface area contributed by atoms with Crippen molar-refractivity contribution in [2.24, 2.45) is 5.14 Å². The van der Waals surface area contributed by atoms with E-state index in [1.165, 1.54) is 42.6 Å². The molecule has 0 unspecified atom stereocenters. The van der Waals surface area contributed by atoms with Crippen LogP contribution in [0.2, 0.25) is 0 Å². The van der Waals surface area contributed by atoms with Gasteiger partial charge in [0, 0.05) is 5.56 Å². The van der Waals surface area contributed by atoms with Crippen molar-refractivity contribution in [1.29, 1.82) is 0 Å². The topological polar surface area (TPSA) is 112 Å². The van der Waals surface area contributed by atoms with Crippen molar-refractivity contribution in [3.05, 3.63) is 72.0 Å². The maximum absolute atomic E-state index is 12.9. The van der Waals surface area contributed by atoms with Crippen molar-refractivity contribution < 1.29 is 26.8 Å². The van der Waals surface area contributed by atoms with E-state index in [0.717, 1.165) is 0 Å². The fraction of sp³-hybridized carbons (Fsp3) is 0.0588. The van der Waals surface area contributed by atoms with Gasteiger partial charge in [-0.2, -0.15) is 0 Å². The predicted molar refractivity (Wildman–Crippen MR) is 88.8 cm³/mol. The highest BCUT2D eigenvalue weighted by atomic mass is 32.2. The molecule has 0 spiro atoms. The number of rotatable bonds is 5. The van der Waals surface area contributed by atoms with Crippen LogP contribution < -0.4 is 5.14 Å². The Hall–Kier alpha value is -3.04. The molecule has 3 aromatic rings. The molecule has 0 aliphatic heterocycles. The molecule has 2 aromatic carbocycles. The molecule has 0 aliphatic rings. The highest BCUT2D eigenvalue weighted by Crippen LogP contribution is 2.21. The Morgan fingerprint density at radius 2 is 1.77 bits per heavy atom. The summed E-state index contributed by atoms with van der Waals surface area (Å²) in [6.45, 7) is -0.211. The molecule has 1 heterocycles. The van der Waals surface area contributed by atoms with E-state index in [-0.39, 0.29) is 28.8 Å². The summed E-state index contributed by atoms with van der Waals surface area (Å²) >= 11 is 0. The van der Waals surface area contributed by atoms with Gasteiger partial charge in [-0.05, 0) is 48.5 Å². The van der Waals surface area contributed by atoms with Gasteiger partial charge in [0.1, 0.15) is 5.82 Å². The van der Waals surface area contributed by atoms with Gasteiger partial charge in [-0.3, -0.25) is 0 Å². The van der Waals surface area contributed by atoms with Crippen LogP contribution >= 0.6 is 0 Å². The average molecular weight is 376 g/mol. The van der Waals surface area contributed by atoms with E-state index in [9.17, 15) is 17.6 Å². The van der Waals surface area contributed by atoms with E-state index in [1.807, 2.05) is 0 Å². The lowest BCUT2D eigenvalue weighted by Gasteiger charge is -2.03. The molecule has 9 heteroatoms. The van der Waals surface area contributed by atoms with Crippen LogP contribution in [0.25, 0.3) is 11.3 Å². The van der Waals surface area contributed by atoms with Gasteiger partial charge < -0.3 is 9.15 Å². The lowest BCUT2D eigenvalue weighted by Crippen LogP contribution is -2.12. The van der Waals surface area contributed by atoms with Crippen LogP contribution in [0.5, 0.6) is 0 Å². The second-order valence-electron chi connectivity index (χ2n) is 5.27. The van der Waals surface area contributed by atoms with Crippen LogP contribution in [0.4, 0.5) is 4.39 Å². The molecule has 0 radical (unpaired) electrons. The number of esters is 1. The van der Waals surface area contributed by atoms with Crippen molar-refractivity contribution in [2.75, 3.05) is 0 Å². The van der Waals surface area contributed by atoms with Crippen LogP contribution in [-0.4, -0.2) is 19.4 Å². The molecular formula is C17H13FN2O5S. The first-order valence-electron chi connectivity index (χ1n) is 7.33. The number of nitrogens with zero attached hydrogens (tertiary/aromatic N) is 1. The second-order valence-corrected chi connectivity index (χ2v) is 6.83. The number of carbonyl (C=O) groups excluding carboxylic acids is 1. The fourth-order valence-electron chi connectivity index (χ4n) is 2.12. The maximum atomic E-state index is 12.9. The first-order chi connectivity index (χ1) is 12.3. The molecule has 0 saturated heterocycles. The van der Waals surface area contributed by atoms with E-state index >= 15 is 0 Å². The number of nitrogens with two attached hydrogens (primary N) is 1. The van der Waals surface area contributed by atoms with Crippen molar-refractivity contribution in [3.8, 4) is 11.3 Å². The van der Waals surface area contributed by atoms with Crippen molar-refractivity contribution in [2.45, 2.75) is 11.5 Å². The SMILES string of the molecule is NS(=O)(=O)c1ccc(C(=O)OCc2ncc(-c3ccc(F)cc3)o2)cc1. The van der Waals surface area contributed by atoms with Gasteiger partial charge in [0.15, 0.2) is 12.4 Å². The molecule has 2 N–H and O–H groups in total. The van der Waals surface area contributed by atoms with Crippen molar-refractivity contribution >= 4 is 16.0 Å². The van der Waals surface area contributed by atoms with Crippen LogP contribution in [0.15, 0.2) is 64.0 Å². The molecular weight excluding hydrogens is 363 g/mol. The van der Waals surface area contributed by atoms with Crippen molar-refractivity contribution in [1.82, 2.24) is 4.98 Å². The first kappa shape index (κ1) is 17.8. The summed E-state index contributed by atoms with van der Waals surface area (Å²) < 4.78 is 45.8. The van der Waals surface area contributed by atoms with Crippen molar-refractivity contribution in [3.63, 3.8) is 0 Å². The summed E-state index contributed by atoms with van der Waals surface area (Å²) in [5.41, 5.74) is 0.790. The largest absolute Gasteiger partial charge is 0.452 e. The third-order valence-electron chi connectivity index (χ3n) is 3.43. The third-order valence-corrected chi connectivity index (χ3v) is 4.36. The van der Waals surface area contributed by atoms with Gasteiger partial charge in [0.25, 0.3) is 0 Å². The Labute approximate surface area is 148 Å². The standard InChI is InChI=1S/C17H13FN2O5S/c18-13-5-1-11(2-6-13)15-9-20-16(25-15)10-24-17(21)12-3-7-14(8-4-12)26(19,22)23/h1-9H,10H2,(H2,19,22,23). The minimum absolute atomic E-state index is 0.106. The number of benzene rings is 2. The fourth-order valence-corrected chi connectivity index (χ4v) is 2.63. The molecule has 134 valence electrons. The summed E-state index contributed by atoms with van der Waals surface area (Å²) in [7, 11) is -3.83. The lowest BCUT2D eigenvalue weighted by atomic mass is 10.2. The van der Waals surface area contributed by atoms with Gasteiger partial charge in [0.2, 0.25) is 15.9 Å². The Balaban J connectivity index is 1.64. The van der Waals surface area contributed by atoms with Gasteiger partial charge in [-0.25, -0.2) is 27.7 Å². The molecule has 3 rings (SSSR count). The highest BCUT2D eigenvalue weighted by Gasteiger charge is 2.13. The van der Waals surface area contributed by atoms with E-state index in [0.29, 0.717) is 11.3 Å². The molecule has 0 fully saturated rings. The monoisotopic (exact) mass is 376 g/mol. The van der Waals surface area contributed by atoms with Crippen LogP contribution in [0.1, 0.15) is 16.2 Å². The molecule has 26 heavy (non-hydrogen) atoms. The number of aromatic nitrogens is 1. The Bertz CT molecular complexity index is 1030. The predicted octanol–water partition coefficient (Wildman–Crippen LogP) is 2.49. The van der Waals surface area contributed by atoms with Gasteiger partial charge in [-0.15, -0.1) is 0 Å². The van der Waals surface area contributed by atoms with E-state index < -0.39 is 16.0 Å². The smallest absolute Gasteiger partial charge is 0.338 e. The third kappa shape index (κ3) is 4.13. The molecule has 0 saturated carbocycles. The lowest BCUT2D eigenvalue weighted by molar-refractivity contribution is 0.0439. The van der Waals surface area contributed by atoms with E-state index in [2.05, 4.69) is 4.98 Å². The molecule has 0 bridgehead atoms. The number of sulfonamides is 1. The van der Waals surface area contributed by atoms with E-state index in [4.69, 9.17) is 14.3 Å². The molecule has 0 aliphatic carbocycles. The summed E-state index contributed by atoms with van der Waals surface area (Å²) in [6, 6.07) is 10.7. The van der Waals surface area contributed by atoms with Crippen LogP contribution in [0, 0.1) is 5.82 Å². The van der Waals surface area contributed by atoms with Crippen LogP contribution in [0.3, 0.4) is 0 Å². The Morgan fingerprint density at radius 1 is 1.12 bits per heavy atom. The molecule has 1 aromatic heterocycles. The van der Waals surface area contributed by atoms with Gasteiger partial charge in [-0.1, -0.05) is 0 Å². The number of carbonyl (C=O) groups is 1. The minimum Gasteiger partial charge on any atom is -0.452 e. The number of ether oxygens (including phenoxy) is 1. The van der Waals surface area contributed by atoms with E-state index in [1.54, 1.807) is 12.1 Å².